The first-order valence-electron chi connectivity index (χ1n) is 4.56. The van der Waals surface area contributed by atoms with Crippen LogP contribution in [0, 0.1) is 0 Å². The monoisotopic (exact) mass is 526 g/mol. The molecule has 0 aliphatic rings. The predicted molar refractivity (Wildman–Crippen MR) is 89.3 cm³/mol. The quantitative estimate of drug-likeness (QED) is 0.385. The first kappa shape index (κ1) is 13.5. The third-order valence-corrected chi connectivity index (χ3v) is 6.38. The lowest BCUT2D eigenvalue weighted by atomic mass is 10.1. The highest BCUT2D eigenvalue weighted by Crippen LogP contribution is 2.24. The first-order valence-corrected chi connectivity index (χ1v) is 8.58. The van der Waals surface area contributed by atoms with Gasteiger partial charge in [-0.25, -0.2) is 0 Å². The van der Waals surface area contributed by atoms with Crippen LogP contribution in [0.4, 0.5) is 0 Å². The molecule has 0 aliphatic carbocycles. The molecule has 0 amide bonds. The summed E-state index contributed by atoms with van der Waals surface area (Å²) in [5.74, 6) is 0. The molecule has 2 atom stereocenters. The van der Waals surface area contributed by atoms with Crippen LogP contribution in [0.25, 0.3) is 0 Å². The maximum Gasteiger partial charge on any atom is 0.0331 e. The lowest BCUT2D eigenvalue weighted by Crippen LogP contribution is -2.03. The summed E-state index contributed by atoms with van der Waals surface area (Å²) in [6, 6.07) is 8.97. The van der Waals surface area contributed by atoms with Gasteiger partial charge in [-0.05, 0) is 24.5 Å². The minimum atomic E-state index is 0.611. The van der Waals surface area contributed by atoms with Gasteiger partial charge in [0.1, 0.15) is 0 Å². The van der Waals surface area contributed by atoms with E-state index < -0.39 is 0 Å². The molecule has 0 aliphatic heterocycles. The Kier molecular flexibility index (Phi) is 6.62. The smallest absolute Gasteiger partial charge is 0.0331 e. The van der Waals surface area contributed by atoms with Crippen LogP contribution >= 0.6 is 67.8 Å². The second-order valence-electron chi connectivity index (χ2n) is 3.32. The van der Waals surface area contributed by atoms with Crippen molar-refractivity contribution in [3.63, 3.8) is 0 Å². The molecule has 0 bridgehead atoms. The van der Waals surface area contributed by atoms with Gasteiger partial charge in [0.05, 0.1) is 0 Å². The average Bonchev–Trinajstić information content (AvgIpc) is 2.18. The predicted octanol–water partition coefficient (Wildman–Crippen LogP) is 4.96. The van der Waals surface area contributed by atoms with Crippen LogP contribution in [0.3, 0.4) is 0 Å². The minimum absolute atomic E-state index is 0.611. The van der Waals surface area contributed by atoms with Crippen LogP contribution in [0.2, 0.25) is 0 Å². The van der Waals surface area contributed by atoms with Gasteiger partial charge in [-0.15, -0.1) is 0 Å². The van der Waals surface area contributed by atoms with Gasteiger partial charge in [0.25, 0.3) is 0 Å². The fourth-order valence-corrected chi connectivity index (χ4v) is 2.49. The summed E-state index contributed by atoms with van der Waals surface area (Å²) in [5.41, 5.74) is 2.92. The van der Waals surface area contributed by atoms with Gasteiger partial charge in [0.15, 0.2) is 0 Å². The minimum Gasteiger partial charge on any atom is -0.0852 e. The van der Waals surface area contributed by atoms with Crippen molar-refractivity contribution in [2.75, 3.05) is 4.43 Å². The Morgan fingerprint density at radius 2 is 2.00 bits per heavy atom. The highest BCUT2D eigenvalue weighted by atomic mass is 127. The lowest BCUT2D eigenvalue weighted by Gasteiger charge is -2.09. The Balaban J connectivity index is 2.73. The summed E-state index contributed by atoms with van der Waals surface area (Å²) in [5, 5.41) is 0. The molecule has 2 unspecified atom stereocenters. The highest BCUT2D eigenvalue weighted by molar-refractivity contribution is 14.1. The van der Waals surface area contributed by atoms with E-state index in [-0.39, 0.29) is 0 Å². The van der Waals surface area contributed by atoms with Crippen LogP contribution in [-0.4, -0.2) is 8.35 Å². The first-order chi connectivity index (χ1) is 6.63. The van der Waals surface area contributed by atoms with Gasteiger partial charge in [-0.1, -0.05) is 92.0 Å². The number of rotatable bonds is 4. The lowest BCUT2D eigenvalue weighted by molar-refractivity contribution is 0.990. The second-order valence-corrected chi connectivity index (χ2v) is 7.83. The molecule has 0 saturated heterocycles. The Morgan fingerprint density at radius 3 is 2.57 bits per heavy atom. The highest BCUT2D eigenvalue weighted by Gasteiger charge is 2.05. The zero-order chi connectivity index (χ0) is 10.6. The standard InChI is InChI=1S/C11H13I3/c1-8(13)10-4-2-3-9(5-10)6-11(14)7-12/h2-5,8,11H,6-7H2,1H3. The Bertz CT molecular complexity index is 284. The topological polar surface area (TPSA) is 0 Å². The van der Waals surface area contributed by atoms with Crippen molar-refractivity contribution in [1.29, 1.82) is 0 Å². The third kappa shape index (κ3) is 4.51. The van der Waals surface area contributed by atoms with Crippen LogP contribution in [-0.2, 0) is 6.42 Å². The molecular weight excluding hydrogens is 513 g/mol. The van der Waals surface area contributed by atoms with Gasteiger partial charge < -0.3 is 0 Å². The van der Waals surface area contributed by atoms with E-state index in [2.05, 4.69) is 99.0 Å². The molecule has 0 N–H and O–H groups in total. The molecule has 1 aromatic carbocycles. The van der Waals surface area contributed by atoms with Gasteiger partial charge in [-0.2, -0.15) is 0 Å². The molecule has 14 heavy (non-hydrogen) atoms. The molecule has 78 valence electrons. The zero-order valence-corrected chi connectivity index (χ0v) is 14.5. The van der Waals surface area contributed by atoms with E-state index in [0.29, 0.717) is 3.92 Å². The van der Waals surface area contributed by atoms with Crippen LogP contribution in [0.5, 0.6) is 0 Å². The summed E-state index contributed by atoms with van der Waals surface area (Å²) < 4.78 is 2.59. The van der Waals surface area contributed by atoms with E-state index in [1.54, 1.807) is 0 Å². The molecule has 0 spiro atoms. The number of benzene rings is 1. The number of hydrogen-bond donors (Lipinski definition) is 0. The van der Waals surface area contributed by atoms with Gasteiger partial charge in [-0.3, -0.25) is 0 Å². The molecule has 3 heteroatoms. The Labute approximate surface area is 127 Å². The van der Waals surface area contributed by atoms with E-state index in [0.717, 1.165) is 3.92 Å². The Morgan fingerprint density at radius 1 is 1.29 bits per heavy atom. The second kappa shape index (κ2) is 6.88. The van der Waals surface area contributed by atoms with Crippen LogP contribution in [0.1, 0.15) is 22.0 Å². The number of halogens is 3. The SMILES string of the molecule is CC(I)c1cccc(CC(I)CI)c1. The van der Waals surface area contributed by atoms with E-state index >= 15 is 0 Å². The molecule has 0 radical (unpaired) electrons. The van der Waals surface area contributed by atoms with Gasteiger partial charge in [0, 0.05) is 12.3 Å². The van der Waals surface area contributed by atoms with Crippen LogP contribution in [0.15, 0.2) is 24.3 Å². The summed E-state index contributed by atoms with van der Waals surface area (Å²) in [4.78, 5) is 0. The molecular formula is C11H13I3. The van der Waals surface area contributed by atoms with E-state index in [9.17, 15) is 0 Å². The fourth-order valence-electron chi connectivity index (χ4n) is 1.28. The summed E-state index contributed by atoms with van der Waals surface area (Å²) in [6.45, 7) is 2.24. The molecule has 1 rings (SSSR count). The molecule has 1 aromatic rings. The number of alkyl halides is 3. The van der Waals surface area contributed by atoms with E-state index in [1.165, 1.54) is 22.0 Å². The maximum atomic E-state index is 2.53. The van der Waals surface area contributed by atoms with Crippen molar-refractivity contribution in [3.05, 3.63) is 35.4 Å². The van der Waals surface area contributed by atoms with Crippen molar-refractivity contribution >= 4 is 67.8 Å². The summed E-state index contributed by atoms with van der Waals surface area (Å²) in [7, 11) is 0. The average molecular weight is 526 g/mol. The molecule has 0 heterocycles. The number of hydrogen-bond acceptors (Lipinski definition) is 0. The van der Waals surface area contributed by atoms with Crippen LogP contribution < -0.4 is 0 Å². The summed E-state index contributed by atoms with van der Waals surface area (Å²) in [6.07, 6.45) is 1.20. The van der Waals surface area contributed by atoms with Gasteiger partial charge in [0.2, 0.25) is 0 Å². The maximum absolute atomic E-state index is 2.53. The van der Waals surface area contributed by atoms with Crippen molar-refractivity contribution in [2.24, 2.45) is 0 Å². The fraction of sp³-hybridized carbons (Fsp3) is 0.455. The van der Waals surface area contributed by atoms with Crippen molar-refractivity contribution in [2.45, 2.75) is 21.2 Å². The normalized spacial score (nSPS) is 15.1. The summed E-state index contributed by atoms with van der Waals surface area (Å²) >= 11 is 7.45. The van der Waals surface area contributed by atoms with Crippen molar-refractivity contribution < 1.29 is 0 Å². The Hall–Kier alpha value is 1.41. The van der Waals surface area contributed by atoms with E-state index in [4.69, 9.17) is 0 Å². The van der Waals surface area contributed by atoms with Crippen molar-refractivity contribution in [3.8, 4) is 0 Å². The molecule has 0 aromatic heterocycles. The zero-order valence-electron chi connectivity index (χ0n) is 8.01. The third-order valence-electron chi connectivity index (χ3n) is 2.03. The van der Waals surface area contributed by atoms with Gasteiger partial charge >= 0.3 is 0 Å². The molecule has 0 saturated carbocycles. The van der Waals surface area contributed by atoms with Crippen molar-refractivity contribution in [1.82, 2.24) is 0 Å². The van der Waals surface area contributed by atoms with E-state index in [1.807, 2.05) is 0 Å². The largest absolute Gasteiger partial charge is 0.0852 e. The molecule has 0 nitrogen and oxygen atoms in total. The molecule has 0 fully saturated rings.